The average molecular weight is 227 g/mol. The van der Waals surface area contributed by atoms with Crippen LogP contribution in [0.3, 0.4) is 0 Å². The first kappa shape index (κ1) is 12.0. The van der Waals surface area contributed by atoms with Crippen molar-refractivity contribution in [1.82, 2.24) is 0 Å². The molecule has 0 unspecified atom stereocenters. The lowest BCUT2D eigenvalue weighted by Gasteiger charge is -2.05. The number of thiol groups is 1. The highest BCUT2D eigenvalue weighted by atomic mass is 32.1. The van der Waals surface area contributed by atoms with Gasteiger partial charge >= 0.3 is 0 Å². The molecule has 0 spiro atoms. The van der Waals surface area contributed by atoms with Crippen LogP contribution in [0.15, 0.2) is 23.1 Å². The minimum atomic E-state index is -0.424. The number of hydrogen-bond donors (Lipinski definition) is 1. The van der Waals surface area contributed by atoms with Crippen LogP contribution in [-0.2, 0) is 11.2 Å². The molecule has 0 aliphatic carbocycles. The number of nitrogens with zero attached hydrogens (tertiary/aromatic N) is 1. The molecule has 0 aliphatic rings. The Bertz CT molecular complexity index is 355. The van der Waals surface area contributed by atoms with Gasteiger partial charge in [0, 0.05) is 12.7 Å². The van der Waals surface area contributed by atoms with Crippen molar-refractivity contribution in [3.8, 4) is 0 Å². The molecule has 0 heterocycles. The molecule has 1 rings (SSSR count). The van der Waals surface area contributed by atoms with Gasteiger partial charge in [-0.15, -0.1) is 12.6 Å². The van der Waals surface area contributed by atoms with Crippen LogP contribution >= 0.6 is 12.6 Å². The van der Waals surface area contributed by atoms with E-state index >= 15 is 0 Å². The second-order valence-electron chi connectivity index (χ2n) is 2.99. The molecule has 0 saturated heterocycles. The van der Waals surface area contributed by atoms with Gasteiger partial charge in [-0.25, -0.2) is 0 Å². The molecule has 1 aromatic carbocycles. The monoisotopic (exact) mass is 227 g/mol. The molecule has 0 atom stereocenters. The summed E-state index contributed by atoms with van der Waals surface area (Å²) in [5, 5.41) is 10.6. The zero-order valence-corrected chi connectivity index (χ0v) is 9.37. The van der Waals surface area contributed by atoms with Crippen LogP contribution in [0.5, 0.6) is 0 Å². The quantitative estimate of drug-likeness (QED) is 0.364. The zero-order chi connectivity index (χ0) is 11.3. The summed E-state index contributed by atoms with van der Waals surface area (Å²) < 4.78 is 5.19. The highest BCUT2D eigenvalue weighted by molar-refractivity contribution is 7.80. The second kappa shape index (κ2) is 5.72. The summed E-state index contributed by atoms with van der Waals surface area (Å²) >= 11 is 4.16. The summed E-state index contributed by atoms with van der Waals surface area (Å²) in [5.74, 6) is 0. The Balaban J connectivity index is 2.80. The molecule has 0 N–H and O–H groups in total. The number of rotatable bonds is 5. The average Bonchev–Trinajstić information content (AvgIpc) is 2.20. The standard InChI is InChI=1S/C10H13NO3S/c1-2-14-7-6-8-4-3-5-9(10(8)15)11(12)13/h3-5,15H,2,6-7H2,1H3. The van der Waals surface area contributed by atoms with Crippen LogP contribution in [0.4, 0.5) is 5.69 Å². The summed E-state index contributed by atoms with van der Waals surface area (Å²) in [6.07, 6.45) is 0.647. The molecule has 15 heavy (non-hydrogen) atoms. The van der Waals surface area contributed by atoms with E-state index in [1.165, 1.54) is 6.07 Å². The lowest BCUT2D eigenvalue weighted by molar-refractivity contribution is -0.387. The molecule has 0 saturated carbocycles. The first-order valence-electron chi connectivity index (χ1n) is 4.69. The van der Waals surface area contributed by atoms with Gasteiger partial charge in [-0.1, -0.05) is 12.1 Å². The van der Waals surface area contributed by atoms with Gasteiger partial charge < -0.3 is 4.74 Å². The topological polar surface area (TPSA) is 52.4 Å². The molecule has 82 valence electrons. The minimum Gasteiger partial charge on any atom is -0.381 e. The highest BCUT2D eigenvalue weighted by Crippen LogP contribution is 2.26. The van der Waals surface area contributed by atoms with E-state index in [2.05, 4.69) is 12.6 Å². The maximum absolute atomic E-state index is 10.6. The third kappa shape index (κ3) is 3.21. The van der Waals surface area contributed by atoms with Crippen LogP contribution in [0.1, 0.15) is 12.5 Å². The van der Waals surface area contributed by atoms with E-state index in [1.54, 1.807) is 6.07 Å². The van der Waals surface area contributed by atoms with Gasteiger partial charge in [0.15, 0.2) is 0 Å². The Morgan fingerprint density at radius 2 is 2.27 bits per heavy atom. The number of nitro groups is 1. The van der Waals surface area contributed by atoms with Crippen molar-refractivity contribution in [2.24, 2.45) is 0 Å². The van der Waals surface area contributed by atoms with Crippen molar-refractivity contribution in [2.45, 2.75) is 18.2 Å². The van der Waals surface area contributed by atoms with Gasteiger partial charge in [-0.2, -0.15) is 0 Å². The summed E-state index contributed by atoms with van der Waals surface area (Å²) in [4.78, 5) is 10.6. The van der Waals surface area contributed by atoms with E-state index in [0.29, 0.717) is 24.5 Å². The maximum atomic E-state index is 10.6. The van der Waals surface area contributed by atoms with Gasteiger partial charge in [0.25, 0.3) is 5.69 Å². The van der Waals surface area contributed by atoms with Crippen molar-refractivity contribution in [2.75, 3.05) is 13.2 Å². The summed E-state index contributed by atoms with van der Waals surface area (Å²) in [7, 11) is 0. The van der Waals surface area contributed by atoms with E-state index in [0.717, 1.165) is 5.56 Å². The SMILES string of the molecule is CCOCCc1cccc([N+](=O)[O-])c1S. The summed E-state index contributed by atoms with van der Waals surface area (Å²) in [6, 6.07) is 4.94. The minimum absolute atomic E-state index is 0.0485. The zero-order valence-electron chi connectivity index (χ0n) is 8.47. The van der Waals surface area contributed by atoms with Gasteiger partial charge in [0.2, 0.25) is 0 Å². The van der Waals surface area contributed by atoms with Crippen molar-refractivity contribution in [3.05, 3.63) is 33.9 Å². The fraction of sp³-hybridized carbons (Fsp3) is 0.400. The number of hydrogen-bond acceptors (Lipinski definition) is 4. The second-order valence-corrected chi connectivity index (χ2v) is 3.44. The van der Waals surface area contributed by atoms with Gasteiger partial charge in [-0.05, 0) is 18.9 Å². The Morgan fingerprint density at radius 1 is 1.53 bits per heavy atom. The fourth-order valence-corrected chi connectivity index (χ4v) is 1.60. The Hall–Kier alpha value is -1.07. The molecular weight excluding hydrogens is 214 g/mol. The lowest BCUT2D eigenvalue weighted by atomic mass is 10.1. The van der Waals surface area contributed by atoms with Crippen LogP contribution < -0.4 is 0 Å². The first-order chi connectivity index (χ1) is 7.16. The first-order valence-corrected chi connectivity index (χ1v) is 5.14. The van der Waals surface area contributed by atoms with E-state index in [-0.39, 0.29) is 5.69 Å². The number of benzene rings is 1. The van der Waals surface area contributed by atoms with Crippen LogP contribution in [-0.4, -0.2) is 18.1 Å². The largest absolute Gasteiger partial charge is 0.381 e. The molecule has 1 aromatic rings. The predicted molar refractivity (Wildman–Crippen MR) is 60.5 cm³/mol. The molecule has 0 fully saturated rings. The number of nitro benzene ring substituents is 1. The number of ether oxygens (including phenoxy) is 1. The Kier molecular flexibility index (Phi) is 4.58. The lowest BCUT2D eigenvalue weighted by Crippen LogP contribution is -2.00. The third-order valence-corrected chi connectivity index (χ3v) is 2.53. The van der Waals surface area contributed by atoms with Gasteiger partial charge in [-0.3, -0.25) is 10.1 Å². The van der Waals surface area contributed by atoms with Crippen molar-refractivity contribution < 1.29 is 9.66 Å². The molecule has 4 nitrogen and oxygen atoms in total. The van der Waals surface area contributed by atoms with Gasteiger partial charge in [0.1, 0.15) is 0 Å². The summed E-state index contributed by atoms with van der Waals surface area (Å²) in [5.41, 5.74) is 0.897. The molecule has 0 amide bonds. The predicted octanol–water partition coefficient (Wildman–Crippen LogP) is 2.46. The Morgan fingerprint density at radius 3 is 2.87 bits per heavy atom. The van der Waals surface area contributed by atoms with Crippen molar-refractivity contribution in [3.63, 3.8) is 0 Å². The van der Waals surface area contributed by atoms with Gasteiger partial charge in [0.05, 0.1) is 16.4 Å². The molecule has 0 aromatic heterocycles. The Labute approximate surface area is 93.8 Å². The van der Waals surface area contributed by atoms with E-state index in [4.69, 9.17) is 4.74 Å². The van der Waals surface area contributed by atoms with Crippen molar-refractivity contribution in [1.29, 1.82) is 0 Å². The van der Waals surface area contributed by atoms with E-state index in [1.807, 2.05) is 13.0 Å². The molecular formula is C10H13NO3S. The van der Waals surface area contributed by atoms with Crippen LogP contribution in [0, 0.1) is 10.1 Å². The maximum Gasteiger partial charge on any atom is 0.282 e. The molecule has 0 aliphatic heterocycles. The molecule has 5 heteroatoms. The highest BCUT2D eigenvalue weighted by Gasteiger charge is 2.13. The summed E-state index contributed by atoms with van der Waals surface area (Å²) in [6.45, 7) is 3.12. The third-order valence-electron chi connectivity index (χ3n) is 2.01. The van der Waals surface area contributed by atoms with Crippen LogP contribution in [0.25, 0.3) is 0 Å². The normalized spacial score (nSPS) is 10.3. The van der Waals surface area contributed by atoms with Crippen LogP contribution in [0.2, 0.25) is 0 Å². The molecule has 0 radical (unpaired) electrons. The molecule has 0 bridgehead atoms. The van der Waals surface area contributed by atoms with E-state index < -0.39 is 4.92 Å². The van der Waals surface area contributed by atoms with E-state index in [9.17, 15) is 10.1 Å². The smallest absolute Gasteiger partial charge is 0.282 e. The van der Waals surface area contributed by atoms with Crippen molar-refractivity contribution >= 4 is 18.3 Å². The fourth-order valence-electron chi connectivity index (χ4n) is 1.25.